The molecule has 2 aromatic carbocycles. The lowest BCUT2D eigenvalue weighted by Crippen LogP contribution is -2.49. The van der Waals surface area contributed by atoms with Gasteiger partial charge in [0.2, 0.25) is 5.91 Å². The maximum absolute atomic E-state index is 13.7. The Hall–Kier alpha value is -3.32. The van der Waals surface area contributed by atoms with E-state index >= 15 is 0 Å². The van der Waals surface area contributed by atoms with Crippen LogP contribution < -0.4 is 9.47 Å². The van der Waals surface area contributed by atoms with Gasteiger partial charge in [0.1, 0.15) is 24.7 Å². The Morgan fingerprint density at radius 3 is 2.51 bits per heavy atom. The van der Waals surface area contributed by atoms with Gasteiger partial charge < -0.3 is 19.3 Å². The van der Waals surface area contributed by atoms with Gasteiger partial charge in [-0.1, -0.05) is 25.1 Å². The first-order valence-corrected chi connectivity index (χ1v) is 12.9. The summed E-state index contributed by atoms with van der Waals surface area (Å²) in [6.07, 6.45) is 1.57. The zero-order valence-corrected chi connectivity index (χ0v) is 21.3. The standard InChI is InChI=1S/C28H32N2O4S/c1-4-20(2)30(28(32)21-10-12-22(33-3)13-11-21)18-27(31)29-16-14-26-24(15-17-35-26)25(29)19-34-23-8-6-5-7-9-23/h5-13,15,17,20,25H,4,14,16,18-19H2,1-3H3/t20-,25+/m1/s1. The van der Waals surface area contributed by atoms with E-state index in [2.05, 4.69) is 11.4 Å². The van der Waals surface area contributed by atoms with Crippen LogP contribution in [0.4, 0.5) is 0 Å². The molecular formula is C28H32N2O4S. The van der Waals surface area contributed by atoms with Gasteiger partial charge in [-0.05, 0) is 73.2 Å². The molecule has 7 heteroatoms. The minimum Gasteiger partial charge on any atom is -0.497 e. The highest BCUT2D eigenvalue weighted by atomic mass is 32.1. The van der Waals surface area contributed by atoms with Crippen LogP contribution in [0.2, 0.25) is 0 Å². The van der Waals surface area contributed by atoms with E-state index in [-0.39, 0.29) is 30.4 Å². The lowest BCUT2D eigenvalue weighted by molar-refractivity contribution is -0.136. The van der Waals surface area contributed by atoms with Crippen molar-refractivity contribution >= 4 is 23.2 Å². The molecule has 3 aromatic rings. The molecule has 2 atom stereocenters. The number of amides is 2. The van der Waals surface area contributed by atoms with Crippen molar-refractivity contribution in [3.05, 3.63) is 82.0 Å². The van der Waals surface area contributed by atoms with Crippen LogP contribution in [0.1, 0.15) is 47.1 Å². The number of para-hydroxylation sites is 1. The predicted molar refractivity (Wildman–Crippen MR) is 138 cm³/mol. The van der Waals surface area contributed by atoms with Crippen LogP contribution in [0.15, 0.2) is 66.0 Å². The van der Waals surface area contributed by atoms with Crippen molar-refractivity contribution in [1.29, 1.82) is 0 Å². The lowest BCUT2D eigenvalue weighted by atomic mass is 10.00. The average Bonchev–Trinajstić information content (AvgIpc) is 3.39. The fraction of sp³-hybridized carbons (Fsp3) is 0.357. The zero-order chi connectivity index (χ0) is 24.8. The van der Waals surface area contributed by atoms with Crippen LogP contribution in [0.3, 0.4) is 0 Å². The molecule has 1 aliphatic heterocycles. The van der Waals surface area contributed by atoms with E-state index in [4.69, 9.17) is 9.47 Å². The number of ether oxygens (including phenoxy) is 2. The topological polar surface area (TPSA) is 59.1 Å². The molecule has 6 nitrogen and oxygen atoms in total. The maximum atomic E-state index is 13.7. The molecule has 0 unspecified atom stereocenters. The molecule has 0 saturated heterocycles. The number of methoxy groups -OCH3 is 1. The van der Waals surface area contributed by atoms with Crippen molar-refractivity contribution in [2.75, 3.05) is 26.8 Å². The number of hydrogen-bond donors (Lipinski definition) is 0. The van der Waals surface area contributed by atoms with Crippen LogP contribution in [0, 0.1) is 0 Å². The van der Waals surface area contributed by atoms with Crippen molar-refractivity contribution in [2.24, 2.45) is 0 Å². The molecule has 1 aromatic heterocycles. The van der Waals surface area contributed by atoms with Gasteiger partial charge in [-0.3, -0.25) is 9.59 Å². The van der Waals surface area contributed by atoms with Crippen molar-refractivity contribution in [3.8, 4) is 11.5 Å². The fourth-order valence-corrected chi connectivity index (χ4v) is 5.28. The molecule has 184 valence electrons. The molecule has 0 spiro atoms. The summed E-state index contributed by atoms with van der Waals surface area (Å²) >= 11 is 1.72. The Kier molecular flexibility index (Phi) is 8.08. The van der Waals surface area contributed by atoms with Gasteiger partial charge in [-0.15, -0.1) is 11.3 Å². The quantitative estimate of drug-likeness (QED) is 0.412. The number of nitrogens with zero attached hydrogens (tertiary/aromatic N) is 2. The number of hydrogen-bond acceptors (Lipinski definition) is 5. The Labute approximate surface area is 211 Å². The average molecular weight is 493 g/mol. The summed E-state index contributed by atoms with van der Waals surface area (Å²) in [5.41, 5.74) is 1.68. The Balaban J connectivity index is 1.53. The molecule has 0 fully saturated rings. The van der Waals surface area contributed by atoms with Gasteiger partial charge in [0.05, 0.1) is 13.2 Å². The highest BCUT2D eigenvalue weighted by Crippen LogP contribution is 2.34. The minimum atomic E-state index is -0.187. The molecule has 1 aliphatic rings. The van der Waals surface area contributed by atoms with Gasteiger partial charge in [0.15, 0.2) is 0 Å². The summed E-state index contributed by atoms with van der Waals surface area (Å²) in [5.74, 6) is 1.25. The number of fused-ring (bicyclic) bond motifs is 1. The van der Waals surface area contributed by atoms with E-state index in [1.807, 2.05) is 49.1 Å². The van der Waals surface area contributed by atoms with E-state index in [9.17, 15) is 9.59 Å². The number of carbonyl (C=O) groups is 2. The molecule has 4 rings (SSSR count). The van der Waals surface area contributed by atoms with Gasteiger partial charge in [0.25, 0.3) is 5.91 Å². The van der Waals surface area contributed by atoms with Crippen LogP contribution in [0.25, 0.3) is 0 Å². The van der Waals surface area contributed by atoms with E-state index < -0.39 is 0 Å². The fourth-order valence-electron chi connectivity index (χ4n) is 4.35. The van der Waals surface area contributed by atoms with E-state index in [1.165, 1.54) is 4.88 Å². The van der Waals surface area contributed by atoms with Gasteiger partial charge in [-0.25, -0.2) is 0 Å². The van der Waals surface area contributed by atoms with Crippen LogP contribution >= 0.6 is 11.3 Å². The first kappa shape index (κ1) is 24.8. The Bertz CT molecular complexity index is 1130. The summed E-state index contributed by atoms with van der Waals surface area (Å²) in [4.78, 5) is 31.9. The molecular weight excluding hydrogens is 460 g/mol. The van der Waals surface area contributed by atoms with Crippen LogP contribution in [-0.2, 0) is 11.2 Å². The van der Waals surface area contributed by atoms with E-state index in [0.717, 1.165) is 24.2 Å². The van der Waals surface area contributed by atoms with Gasteiger partial charge >= 0.3 is 0 Å². The second-order valence-corrected chi connectivity index (χ2v) is 9.70. The van der Waals surface area contributed by atoms with Gasteiger partial charge in [-0.2, -0.15) is 0 Å². The lowest BCUT2D eigenvalue weighted by Gasteiger charge is -2.38. The normalized spacial score (nSPS) is 15.7. The van der Waals surface area contributed by atoms with Crippen molar-refractivity contribution in [3.63, 3.8) is 0 Å². The first-order valence-electron chi connectivity index (χ1n) is 12.0. The van der Waals surface area contributed by atoms with Crippen LogP contribution in [0.5, 0.6) is 11.5 Å². The van der Waals surface area contributed by atoms with E-state index in [0.29, 0.717) is 24.5 Å². The molecule has 0 bridgehead atoms. The number of thiophene rings is 1. The predicted octanol–water partition coefficient (Wildman–Crippen LogP) is 5.20. The second-order valence-electron chi connectivity index (χ2n) is 8.69. The van der Waals surface area contributed by atoms with Crippen molar-refractivity contribution in [2.45, 2.75) is 38.8 Å². The molecule has 2 amide bonds. The molecule has 35 heavy (non-hydrogen) atoms. The maximum Gasteiger partial charge on any atom is 0.254 e. The monoisotopic (exact) mass is 492 g/mol. The Morgan fingerprint density at radius 2 is 1.83 bits per heavy atom. The highest BCUT2D eigenvalue weighted by Gasteiger charge is 2.34. The third-order valence-corrected chi connectivity index (χ3v) is 7.59. The zero-order valence-electron chi connectivity index (χ0n) is 20.5. The molecule has 0 saturated carbocycles. The Morgan fingerprint density at radius 1 is 1.09 bits per heavy atom. The summed E-state index contributed by atoms with van der Waals surface area (Å²) in [6.45, 7) is 5.02. The molecule has 0 radical (unpaired) electrons. The minimum absolute atomic E-state index is 0.0289. The van der Waals surface area contributed by atoms with Gasteiger partial charge in [0, 0.05) is 23.0 Å². The highest BCUT2D eigenvalue weighted by molar-refractivity contribution is 7.10. The molecule has 2 heterocycles. The third-order valence-electron chi connectivity index (χ3n) is 6.59. The second kappa shape index (κ2) is 11.4. The SMILES string of the molecule is CC[C@@H](C)N(CC(=O)N1CCc2sccc2[C@@H]1COc1ccccc1)C(=O)c1ccc(OC)cc1. The van der Waals surface area contributed by atoms with Crippen LogP contribution in [-0.4, -0.2) is 54.5 Å². The summed E-state index contributed by atoms with van der Waals surface area (Å²) in [7, 11) is 1.59. The summed E-state index contributed by atoms with van der Waals surface area (Å²) in [6, 6.07) is 18.5. The van der Waals surface area contributed by atoms with Crippen molar-refractivity contribution < 1.29 is 19.1 Å². The number of rotatable bonds is 9. The molecule has 0 aliphatic carbocycles. The first-order chi connectivity index (χ1) is 17.0. The smallest absolute Gasteiger partial charge is 0.254 e. The van der Waals surface area contributed by atoms with Crippen molar-refractivity contribution in [1.82, 2.24) is 9.80 Å². The largest absolute Gasteiger partial charge is 0.497 e. The number of benzene rings is 2. The number of carbonyl (C=O) groups excluding carboxylic acids is 2. The molecule has 0 N–H and O–H groups in total. The summed E-state index contributed by atoms with van der Waals surface area (Å²) in [5, 5.41) is 2.08. The third kappa shape index (κ3) is 5.68. The van der Waals surface area contributed by atoms with E-state index in [1.54, 1.807) is 47.6 Å². The summed E-state index contributed by atoms with van der Waals surface area (Å²) < 4.78 is 11.3.